The van der Waals surface area contributed by atoms with E-state index in [9.17, 15) is 8.42 Å². The van der Waals surface area contributed by atoms with Crippen LogP contribution in [0.2, 0.25) is 0 Å². The third-order valence-corrected chi connectivity index (χ3v) is 10.0. The minimum absolute atomic E-state index is 0.371. The van der Waals surface area contributed by atoms with Gasteiger partial charge >= 0.3 is 0 Å². The molecule has 0 amide bonds. The second-order valence-electron chi connectivity index (χ2n) is 10.4. The van der Waals surface area contributed by atoms with Gasteiger partial charge in [-0.3, -0.25) is 0 Å². The molecule has 0 aliphatic heterocycles. The molecular weight excluding hydrogens is 364 g/mol. The number of hydrogen-bond acceptors (Lipinski definition) is 2. The highest BCUT2D eigenvalue weighted by Crippen LogP contribution is 2.35. The standard InChI is InChI=1S/C25H40O2S/c1-25(2,3)28(26,27)19-22-13-11-20(12-14-22)9-10-21-15-17-24(18-16-21)23-7-5-4-6-8-23/h15-18,20,22-23H,4-14,19H2,1-3H3. The minimum atomic E-state index is -2.98. The molecule has 0 saturated heterocycles. The van der Waals surface area contributed by atoms with Gasteiger partial charge < -0.3 is 0 Å². The molecule has 3 heteroatoms. The fourth-order valence-electron chi connectivity index (χ4n) is 5.01. The summed E-state index contributed by atoms with van der Waals surface area (Å²) in [5.74, 6) is 2.32. The molecule has 28 heavy (non-hydrogen) atoms. The first kappa shape index (κ1) is 21.9. The third-order valence-electron chi connectivity index (χ3n) is 7.25. The highest BCUT2D eigenvalue weighted by atomic mass is 32.2. The van der Waals surface area contributed by atoms with Crippen LogP contribution in [0.15, 0.2) is 24.3 Å². The van der Waals surface area contributed by atoms with Crippen molar-refractivity contribution in [3.05, 3.63) is 35.4 Å². The number of sulfone groups is 1. The van der Waals surface area contributed by atoms with Gasteiger partial charge in [-0.2, -0.15) is 0 Å². The van der Waals surface area contributed by atoms with Crippen molar-refractivity contribution >= 4 is 9.84 Å². The van der Waals surface area contributed by atoms with Crippen molar-refractivity contribution in [3.8, 4) is 0 Å². The summed E-state index contributed by atoms with van der Waals surface area (Å²) in [7, 11) is -2.98. The lowest BCUT2D eigenvalue weighted by Gasteiger charge is -2.30. The second-order valence-corrected chi connectivity index (χ2v) is 13.2. The Labute approximate surface area is 173 Å². The van der Waals surface area contributed by atoms with Crippen molar-refractivity contribution in [3.63, 3.8) is 0 Å². The van der Waals surface area contributed by atoms with Crippen molar-refractivity contribution in [2.75, 3.05) is 5.75 Å². The number of aryl methyl sites for hydroxylation is 1. The van der Waals surface area contributed by atoms with E-state index in [2.05, 4.69) is 24.3 Å². The Morgan fingerprint density at radius 2 is 1.39 bits per heavy atom. The van der Waals surface area contributed by atoms with E-state index in [1.807, 2.05) is 20.8 Å². The van der Waals surface area contributed by atoms with E-state index in [1.54, 1.807) is 5.56 Å². The highest BCUT2D eigenvalue weighted by molar-refractivity contribution is 7.92. The molecule has 0 unspecified atom stereocenters. The van der Waals surface area contributed by atoms with Crippen molar-refractivity contribution in [1.29, 1.82) is 0 Å². The fraction of sp³-hybridized carbons (Fsp3) is 0.760. The van der Waals surface area contributed by atoms with Gasteiger partial charge in [0.25, 0.3) is 0 Å². The Balaban J connectivity index is 1.42. The Morgan fingerprint density at radius 1 is 0.821 bits per heavy atom. The van der Waals surface area contributed by atoms with E-state index in [-0.39, 0.29) is 0 Å². The average Bonchev–Trinajstić information content (AvgIpc) is 2.67. The van der Waals surface area contributed by atoms with Gasteiger partial charge in [-0.1, -0.05) is 56.4 Å². The zero-order chi connectivity index (χ0) is 20.2. The quantitative estimate of drug-likeness (QED) is 0.529. The molecule has 2 saturated carbocycles. The van der Waals surface area contributed by atoms with E-state index >= 15 is 0 Å². The Kier molecular flexibility index (Phi) is 7.28. The van der Waals surface area contributed by atoms with Gasteiger partial charge in [0.05, 0.1) is 10.5 Å². The molecule has 0 spiro atoms. The van der Waals surface area contributed by atoms with E-state index in [4.69, 9.17) is 0 Å². The van der Waals surface area contributed by atoms with Gasteiger partial charge in [-0.15, -0.1) is 0 Å². The number of hydrogen-bond donors (Lipinski definition) is 0. The van der Waals surface area contributed by atoms with Crippen LogP contribution in [0.4, 0.5) is 0 Å². The van der Waals surface area contributed by atoms with Crippen LogP contribution in [0.5, 0.6) is 0 Å². The monoisotopic (exact) mass is 404 g/mol. The molecule has 2 aliphatic rings. The van der Waals surface area contributed by atoms with Gasteiger partial charge in [0.1, 0.15) is 0 Å². The average molecular weight is 405 g/mol. The van der Waals surface area contributed by atoms with E-state index in [1.165, 1.54) is 63.4 Å². The summed E-state index contributed by atoms with van der Waals surface area (Å²) < 4.78 is 24.3. The first-order valence-electron chi connectivity index (χ1n) is 11.6. The van der Waals surface area contributed by atoms with E-state index in [0.29, 0.717) is 11.7 Å². The van der Waals surface area contributed by atoms with Crippen molar-refractivity contribution in [1.82, 2.24) is 0 Å². The summed E-state index contributed by atoms with van der Waals surface area (Å²) in [6, 6.07) is 9.45. The van der Waals surface area contributed by atoms with Crippen LogP contribution >= 0.6 is 0 Å². The summed E-state index contributed by atoms with van der Waals surface area (Å²) in [6.07, 6.45) is 13.9. The maximum atomic E-state index is 12.5. The molecule has 0 atom stereocenters. The molecule has 3 rings (SSSR count). The van der Waals surface area contributed by atoms with Gasteiger partial charge in [0.2, 0.25) is 0 Å². The smallest absolute Gasteiger partial charge is 0.155 e. The lowest BCUT2D eigenvalue weighted by Crippen LogP contribution is -2.34. The first-order valence-corrected chi connectivity index (χ1v) is 13.2. The Hall–Kier alpha value is -0.830. The van der Waals surface area contributed by atoms with Crippen LogP contribution < -0.4 is 0 Å². The zero-order valence-electron chi connectivity index (χ0n) is 18.3. The predicted octanol–water partition coefficient (Wildman–Crippen LogP) is 6.69. The Morgan fingerprint density at radius 3 is 1.96 bits per heavy atom. The molecule has 1 aromatic rings. The predicted molar refractivity (Wildman–Crippen MR) is 120 cm³/mol. The lowest BCUT2D eigenvalue weighted by atomic mass is 9.80. The van der Waals surface area contributed by atoms with Crippen LogP contribution in [0.1, 0.15) is 102 Å². The van der Waals surface area contributed by atoms with Gasteiger partial charge in [-0.05, 0) is 88.2 Å². The topological polar surface area (TPSA) is 34.1 Å². The lowest BCUT2D eigenvalue weighted by molar-refractivity contribution is 0.278. The van der Waals surface area contributed by atoms with Crippen LogP contribution in [0, 0.1) is 11.8 Å². The van der Waals surface area contributed by atoms with Gasteiger partial charge in [-0.25, -0.2) is 8.42 Å². The van der Waals surface area contributed by atoms with E-state index < -0.39 is 14.6 Å². The molecule has 1 aromatic carbocycles. The number of rotatable bonds is 6. The SMILES string of the molecule is CC(C)(C)S(=O)(=O)CC1CCC(CCc2ccc(C3CCCCC3)cc2)CC1. The van der Waals surface area contributed by atoms with Crippen LogP contribution in [0.3, 0.4) is 0 Å². The maximum Gasteiger partial charge on any atom is 0.155 e. The summed E-state index contributed by atoms with van der Waals surface area (Å²) in [4.78, 5) is 0. The fourth-order valence-corrected chi connectivity index (χ4v) is 6.46. The normalized spacial score (nSPS) is 25.0. The first-order chi connectivity index (χ1) is 13.2. The van der Waals surface area contributed by atoms with Crippen LogP contribution in [-0.4, -0.2) is 18.9 Å². The minimum Gasteiger partial charge on any atom is -0.228 e. The summed E-state index contributed by atoms with van der Waals surface area (Å²) in [5, 5.41) is 0. The largest absolute Gasteiger partial charge is 0.228 e. The maximum absolute atomic E-state index is 12.5. The molecule has 158 valence electrons. The number of benzene rings is 1. The molecule has 0 bridgehead atoms. The van der Waals surface area contributed by atoms with Gasteiger partial charge in [0, 0.05) is 0 Å². The summed E-state index contributed by atoms with van der Waals surface area (Å²) in [6.45, 7) is 5.48. The van der Waals surface area contributed by atoms with Crippen LogP contribution in [-0.2, 0) is 16.3 Å². The molecule has 2 aliphatic carbocycles. The third kappa shape index (κ3) is 5.84. The van der Waals surface area contributed by atoms with Gasteiger partial charge in [0.15, 0.2) is 9.84 Å². The summed E-state index contributed by atoms with van der Waals surface area (Å²) >= 11 is 0. The highest BCUT2D eigenvalue weighted by Gasteiger charge is 2.33. The molecular formula is C25H40O2S. The Bertz CT molecular complexity index is 698. The molecule has 0 N–H and O–H groups in total. The summed E-state index contributed by atoms with van der Waals surface area (Å²) in [5.41, 5.74) is 3.01. The van der Waals surface area contributed by atoms with Crippen molar-refractivity contribution < 1.29 is 8.42 Å². The van der Waals surface area contributed by atoms with E-state index in [0.717, 1.165) is 24.7 Å². The van der Waals surface area contributed by atoms with Crippen molar-refractivity contribution in [2.24, 2.45) is 11.8 Å². The van der Waals surface area contributed by atoms with Crippen LogP contribution in [0.25, 0.3) is 0 Å². The molecule has 2 fully saturated rings. The zero-order valence-corrected chi connectivity index (χ0v) is 19.1. The molecule has 0 heterocycles. The molecule has 0 aromatic heterocycles. The molecule has 0 radical (unpaired) electrons. The molecule has 2 nitrogen and oxygen atoms in total. The van der Waals surface area contributed by atoms with Crippen molar-refractivity contribution in [2.45, 2.75) is 102 Å². The second kappa shape index (κ2) is 9.32.